The van der Waals surface area contributed by atoms with Gasteiger partial charge in [-0.1, -0.05) is 78.2 Å². The molecule has 3 aromatic carbocycles. The first-order valence-corrected chi connectivity index (χ1v) is 14.1. The minimum absolute atomic E-state index is 0.0953. The summed E-state index contributed by atoms with van der Waals surface area (Å²) in [6, 6.07) is 20.6. The third-order valence-corrected chi connectivity index (χ3v) is 6.23. The van der Waals surface area contributed by atoms with E-state index in [1.807, 2.05) is 37.3 Å². The molecule has 0 aliphatic heterocycles. The number of nitrogens with zero attached hydrogens (tertiary/aromatic N) is 2. The van der Waals surface area contributed by atoms with Crippen molar-refractivity contribution in [3.05, 3.63) is 117 Å². The van der Waals surface area contributed by atoms with Gasteiger partial charge in [-0.2, -0.15) is 13.2 Å². The number of rotatable bonds is 7. The molecule has 0 spiro atoms. The Morgan fingerprint density at radius 1 is 0.854 bits per heavy atom. The molecule has 1 aromatic heterocycles. The summed E-state index contributed by atoms with van der Waals surface area (Å²) < 4.78 is 69.1. The fraction of sp³-hybridized carbons (Fsp3) is 0.241. The highest BCUT2D eigenvalue weighted by molar-refractivity contribution is 7.59. The zero-order chi connectivity index (χ0) is 30.4. The first-order chi connectivity index (χ1) is 19.4. The second-order valence-corrected chi connectivity index (χ2v) is 9.73. The van der Waals surface area contributed by atoms with E-state index in [0.717, 1.165) is 54.8 Å². The molecular weight excluding hydrogens is 600 g/mol. The largest absolute Gasteiger partial charge is 0.456 e. The van der Waals surface area contributed by atoms with Crippen molar-refractivity contribution in [1.29, 1.82) is 0 Å². The van der Waals surface area contributed by atoms with Gasteiger partial charge in [0.1, 0.15) is 17.8 Å². The van der Waals surface area contributed by atoms with Crippen LogP contribution in [0.3, 0.4) is 0 Å². The van der Waals surface area contributed by atoms with E-state index in [4.69, 9.17) is 40.6 Å². The van der Waals surface area contributed by atoms with Crippen molar-refractivity contribution in [2.24, 2.45) is 0 Å². The van der Waals surface area contributed by atoms with Gasteiger partial charge in [-0.3, -0.25) is 0 Å². The van der Waals surface area contributed by atoms with E-state index in [0.29, 0.717) is 10.8 Å². The molecule has 0 aliphatic rings. The fourth-order valence-electron chi connectivity index (χ4n) is 3.47. The predicted molar refractivity (Wildman–Crippen MR) is 152 cm³/mol. The Morgan fingerprint density at radius 2 is 1.46 bits per heavy atom. The van der Waals surface area contributed by atoms with Crippen molar-refractivity contribution in [2.45, 2.75) is 45.7 Å². The van der Waals surface area contributed by atoms with Crippen LogP contribution in [0.5, 0.6) is 11.5 Å². The number of aromatic nitrogens is 2. The van der Waals surface area contributed by atoms with Gasteiger partial charge in [0.25, 0.3) is 0 Å². The molecular formula is C29H27Cl2F3N2O4S. The minimum Gasteiger partial charge on any atom is -0.456 e. The maximum atomic E-state index is 12.7. The Balaban J connectivity index is 0.000000447. The Hall–Kier alpha value is -3.47. The van der Waals surface area contributed by atoms with Crippen LogP contribution in [0.1, 0.15) is 41.4 Å². The van der Waals surface area contributed by atoms with Crippen molar-refractivity contribution >= 4 is 33.8 Å². The smallest absolute Gasteiger partial charge is 0.425 e. The van der Waals surface area contributed by atoms with Crippen LogP contribution in [0.25, 0.3) is 0 Å². The molecule has 4 aromatic rings. The van der Waals surface area contributed by atoms with E-state index in [1.54, 1.807) is 18.5 Å². The average molecular weight is 628 g/mol. The van der Waals surface area contributed by atoms with Gasteiger partial charge in [-0.05, 0) is 68.5 Å². The van der Waals surface area contributed by atoms with Crippen LogP contribution >= 0.6 is 23.2 Å². The van der Waals surface area contributed by atoms with Crippen molar-refractivity contribution in [1.82, 2.24) is 9.97 Å². The summed E-state index contributed by atoms with van der Waals surface area (Å²) in [6.07, 6.45) is 0.289. The Bertz CT molecular complexity index is 1500. The maximum absolute atomic E-state index is 12.7. The molecule has 4 rings (SSSR count). The number of aryl methyl sites for hydroxylation is 4. The lowest BCUT2D eigenvalue weighted by Crippen LogP contribution is -2.04. The fourth-order valence-corrected chi connectivity index (χ4v) is 4.02. The van der Waals surface area contributed by atoms with Gasteiger partial charge in [0.2, 0.25) is 0 Å². The molecule has 0 N–H and O–H groups in total. The molecule has 1 heterocycles. The molecule has 0 saturated carbocycles. The first kappa shape index (κ1) is 33.7. The summed E-state index contributed by atoms with van der Waals surface area (Å²) in [7, 11) is -3.11. The second kappa shape index (κ2) is 16.7. The molecule has 41 heavy (non-hydrogen) atoms. The van der Waals surface area contributed by atoms with Gasteiger partial charge in [0.05, 0.1) is 27.0 Å². The normalized spacial score (nSPS) is 10.5. The highest BCUT2D eigenvalue weighted by atomic mass is 35.5. The van der Waals surface area contributed by atoms with E-state index < -0.39 is 22.3 Å². The molecule has 0 amide bonds. The van der Waals surface area contributed by atoms with Gasteiger partial charge < -0.3 is 4.74 Å². The van der Waals surface area contributed by atoms with Crippen molar-refractivity contribution in [3.63, 3.8) is 0 Å². The van der Waals surface area contributed by atoms with E-state index in [2.05, 4.69) is 29.0 Å². The van der Waals surface area contributed by atoms with Crippen LogP contribution in [-0.4, -0.2) is 22.6 Å². The molecule has 12 heteroatoms. The third-order valence-electron chi connectivity index (χ3n) is 5.50. The van der Waals surface area contributed by atoms with E-state index in [1.165, 1.54) is 11.6 Å². The van der Waals surface area contributed by atoms with Gasteiger partial charge in [0.15, 0.2) is 0 Å². The minimum atomic E-state index is -4.45. The zero-order valence-electron chi connectivity index (χ0n) is 22.2. The lowest BCUT2D eigenvalue weighted by molar-refractivity contribution is -0.137. The number of hydrogen-bond donors (Lipinski definition) is 0. The van der Waals surface area contributed by atoms with Gasteiger partial charge in [-0.15, -0.1) is 12.6 Å². The SMILES string of the molecule is CCc1ncnc(CCCc2ccc(Oc3ccc(C(F)(F)F)cc3Cl)cc2)c1Cl.Cc1ccccc1.O=S(=O)=O. The molecule has 0 bridgehead atoms. The van der Waals surface area contributed by atoms with E-state index >= 15 is 0 Å². The van der Waals surface area contributed by atoms with Gasteiger partial charge in [0, 0.05) is 0 Å². The summed E-state index contributed by atoms with van der Waals surface area (Å²) >= 11 is 12.3. The zero-order valence-corrected chi connectivity index (χ0v) is 24.5. The quantitative estimate of drug-likeness (QED) is 0.205. The molecule has 0 radical (unpaired) electrons. The molecule has 6 nitrogen and oxygen atoms in total. The summed E-state index contributed by atoms with van der Waals surface area (Å²) in [6.45, 7) is 4.08. The highest BCUT2D eigenvalue weighted by Gasteiger charge is 2.31. The average Bonchev–Trinajstić information content (AvgIpc) is 2.92. The summed E-state index contributed by atoms with van der Waals surface area (Å²) in [5, 5.41) is 0.541. The monoisotopic (exact) mass is 626 g/mol. The van der Waals surface area contributed by atoms with Gasteiger partial charge >= 0.3 is 16.8 Å². The molecule has 0 atom stereocenters. The molecule has 0 aliphatic carbocycles. The Morgan fingerprint density at radius 3 is 1.98 bits per heavy atom. The van der Waals surface area contributed by atoms with E-state index in [9.17, 15) is 13.2 Å². The Kier molecular flexibility index (Phi) is 13.8. The number of hydrogen-bond acceptors (Lipinski definition) is 6. The van der Waals surface area contributed by atoms with Crippen LogP contribution in [0.15, 0.2) is 79.1 Å². The lowest BCUT2D eigenvalue weighted by atomic mass is 10.1. The van der Waals surface area contributed by atoms with Crippen molar-refractivity contribution in [3.8, 4) is 11.5 Å². The molecule has 0 saturated heterocycles. The van der Waals surface area contributed by atoms with Crippen LogP contribution in [0.2, 0.25) is 10.0 Å². The summed E-state index contributed by atoms with van der Waals surface area (Å²) in [5.74, 6) is 0.661. The van der Waals surface area contributed by atoms with Crippen LogP contribution in [-0.2, 0) is 36.0 Å². The number of alkyl halides is 3. The van der Waals surface area contributed by atoms with Crippen LogP contribution < -0.4 is 4.74 Å². The lowest BCUT2D eigenvalue weighted by Gasteiger charge is -2.11. The Labute approximate surface area is 248 Å². The van der Waals surface area contributed by atoms with Crippen molar-refractivity contribution < 1.29 is 30.5 Å². The molecule has 0 unspecified atom stereocenters. The summed E-state index contributed by atoms with van der Waals surface area (Å²) in [5.41, 5.74) is 3.31. The molecule has 0 fully saturated rings. The summed E-state index contributed by atoms with van der Waals surface area (Å²) in [4.78, 5) is 8.43. The molecule has 218 valence electrons. The maximum Gasteiger partial charge on any atom is 0.425 e. The topological polar surface area (TPSA) is 86.2 Å². The number of ether oxygens (including phenoxy) is 1. The third kappa shape index (κ3) is 12.3. The second-order valence-electron chi connectivity index (χ2n) is 8.54. The first-order valence-electron chi connectivity index (χ1n) is 12.3. The van der Waals surface area contributed by atoms with Crippen LogP contribution in [0.4, 0.5) is 13.2 Å². The highest BCUT2D eigenvalue weighted by Crippen LogP contribution is 2.36. The number of halogens is 5. The van der Waals surface area contributed by atoms with Crippen molar-refractivity contribution in [2.75, 3.05) is 0 Å². The van der Waals surface area contributed by atoms with E-state index in [-0.39, 0.29) is 10.8 Å². The van der Waals surface area contributed by atoms with Gasteiger partial charge in [-0.25, -0.2) is 9.97 Å². The van der Waals surface area contributed by atoms with Crippen LogP contribution in [0, 0.1) is 6.92 Å². The number of benzene rings is 3. The standard InChI is InChI=1S/C22H19Cl2F3N2O.C7H8.O3S/c1-2-18-21(24)19(29-13-28-18)5-3-4-14-6-9-16(10-7-14)30-20-11-8-15(12-17(20)23)22(25,26)27;1-7-5-3-2-4-6-7;1-4(2)3/h6-13H,2-5H2,1H3;2-6H,1H3;. The predicted octanol–water partition coefficient (Wildman–Crippen LogP) is 8.32.